The molecule has 152 valence electrons. The van der Waals surface area contributed by atoms with Gasteiger partial charge in [0.1, 0.15) is 11.4 Å². The zero-order chi connectivity index (χ0) is 20.1. The lowest BCUT2D eigenvalue weighted by atomic mass is 10.1. The normalized spacial score (nSPS) is 18.9. The van der Waals surface area contributed by atoms with Gasteiger partial charge in [-0.1, -0.05) is 12.1 Å². The first-order valence-electron chi connectivity index (χ1n) is 9.15. The highest BCUT2D eigenvalue weighted by molar-refractivity contribution is 8.00. The lowest BCUT2D eigenvalue weighted by Crippen LogP contribution is -2.40. The monoisotopic (exact) mass is 408 g/mol. The number of hydrogen-bond donors (Lipinski definition) is 1. The van der Waals surface area contributed by atoms with Crippen LogP contribution < -0.4 is 14.8 Å². The van der Waals surface area contributed by atoms with Crippen molar-refractivity contribution < 1.29 is 28.6 Å². The maximum Gasteiger partial charge on any atom is 0.328 e. The molecule has 3 rings (SSSR count). The van der Waals surface area contributed by atoms with Crippen LogP contribution in [0.15, 0.2) is 18.2 Å². The fourth-order valence-corrected chi connectivity index (χ4v) is 4.60. The van der Waals surface area contributed by atoms with E-state index < -0.39 is 12.0 Å². The standard InChI is InChI=1S/C19H24N2O6S/c1-12(22)20-14(19(24)25-2)7-3-4-9-21-16(23)10-28-18(21)13-6-5-8-15-17(13)27-11-26-15/h5-6,8,14,18H,3-4,7,9-11H2,1-2H3,(H,20,22). The van der Waals surface area contributed by atoms with E-state index in [9.17, 15) is 14.4 Å². The molecule has 0 spiro atoms. The van der Waals surface area contributed by atoms with Crippen LogP contribution in [0.2, 0.25) is 0 Å². The lowest BCUT2D eigenvalue weighted by molar-refractivity contribution is -0.145. The smallest absolute Gasteiger partial charge is 0.328 e. The van der Waals surface area contributed by atoms with Crippen molar-refractivity contribution in [3.63, 3.8) is 0 Å². The summed E-state index contributed by atoms with van der Waals surface area (Å²) in [6, 6.07) is 5.05. The molecule has 2 aliphatic heterocycles. The maximum absolute atomic E-state index is 12.4. The van der Waals surface area contributed by atoms with Gasteiger partial charge in [-0.2, -0.15) is 0 Å². The van der Waals surface area contributed by atoms with Crippen molar-refractivity contribution in [1.29, 1.82) is 0 Å². The minimum absolute atomic E-state index is 0.0814. The molecule has 1 N–H and O–H groups in total. The summed E-state index contributed by atoms with van der Waals surface area (Å²) in [6.07, 6.45) is 1.85. The van der Waals surface area contributed by atoms with Gasteiger partial charge in [-0.25, -0.2) is 4.79 Å². The number of hydrogen-bond acceptors (Lipinski definition) is 7. The zero-order valence-corrected chi connectivity index (χ0v) is 16.8. The lowest BCUT2D eigenvalue weighted by Gasteiger charge is -2.25. The summed E-state index contributed by atoms with van der Waals surface area (Å²) in [5.41, 5.74) is 0.941. The first-order valence-corrected chi connectivity index (χ1v) is 10.2. The fourth-order valence-electron chi connectivity index (χ4n) is 3.37. The molecule has 0 bridgehead atoms. The minimum Gasteiger partial charge on any atom is -0.467 e. The molecular weight excluding hydrogens is 384 g/mol. The van der Waals surface area contributed by atoms with Crippen LogP contribution in [-0.4, -0.2) is 54.9 Å². The zero-order valence-electron chi connectivity index (χ0n) is 15.9. The second-order valence-electron chi connectivity index (χ2n) is 6.60. The van der Waals surface area contributed by atoms with Gasteiger partial charge < -0.3 is 24.4 Å². The highest BCUT2D eigenvalue weighted by Gasteiger charge is 2.36. The van der Waals surface area contributed by atoms with Crippen molar-refractivity contribution in [3.05, 3.63) is 23.8 Å². The van der Waals surface area contributed by atoms with Crippen LogP contribution in [0.3, 0.4) is 0 Å². The van der Waals surface area contributed by atoms with Gasteiger partial charge in [0, 0.05) is 19.0 Å². The number of para-hydroxylation sites is 1. The fraction of sp³-hybridized carbons (Fsp3) is 0.526. The number of carbonyl (C=O) groups is 3. The van der Waals surface area contributed by atoms with Crippen LogP contribution in [0, 0.1) is 0 Å². The van der Waals surface area contributed by atoms with Gasteiger partial charge in [0.05, 0.1) is 12.9 Å². The van der Waals surface area contributed by atoms with Gasteiger partial charge in [-0.3, -0.25) is 9.59 Å². The molecule has 0 aliphatic carbocycles. The number of benzene rings is 1. The molecular formula is C19H24N2O6S. The van der Waals surface area contributed by atoms with E-state index in [1.807, 2.05) is 23.1 Å². The Labute approximate surface area is 167 Å². The van der Waals surface area contributed by atoms with E-state index in [0.717, 1.165) is 5.56 Å². The number of fused-ring (bicyclic) bond motifs is 1. The molecule has 2 amide bonds. The molecule has 1 fully saturated rings. The molecule has 0 aromatic heterocycles. The third-order valence-electron chi connectivity index (χ3n) is 4.67. The number of ether oxygens (including phenoxy) is 3. The summed E-state index contributed by atoms with van der Waals surface area (Å²) in [7, 11) is 1.30. The average Bonchev–Trinajstić information content (AvgIpc) is 3.30. The van der Waals surface area contributed by atoms with Gasteiger partial charge in [-0.15, -0.1) is 11.8 Å². The van der Waals surface area contributed by atoms with E-state index in [-0.39, 0.29) is 24.0 Å². The van der Waals surface area contributed by atoms with Crippen LogP contribution in [0.1, 0.15) is 37.1 Å². The van der Waals surface area contributed by atoms with E-state index >= 15 is 0 Å². The summed E-state index contributed by atoms with van der Waals surface area (Å²) in [4.78, 5) is 37.2. The molecule has 2 unspecified atom stereocenters. The van der Waals surface area contributed by atoms with Crippen molar-refractivity contribution in [3.8, 4) is 11.5 Å². The summed E-state index contributed by atoms with van der Waals surface area (Å²) in [5.74, 6) is 1.17. The first-order chi connectivity index (χ1) is 13.5. The first kappa shape index (κ1) is 20.3. The van der Waals surface area contributed by atoms with Gasteiger partial charge in [0.15, 0.2) is 11.5 Å². The largest absolute Gasteiger partial charge is 0.467 e. The minimum atomic E-state index is -0.662. The predicted molar refractivity (Wildman–Crippen MR) is 103 cm³/mol. The molecule has 0 saturated carbocycles. The Balaban J connectivity index is 1.58. The van der Waals surface area contributed by atoms with Crippen molar-refractivity contribution in [1.82, 2.24) is 10.2 Å². The number of esters is 1. The van der Waals surface area contributed by atoms with E-state index in [1.165, 1.54) is 14.0 Å². The van der Waals surface area contributed by atoms with E-state index in [1.54, 1.807) is 11.8 Å². The predicted octanol–water partition coefficient (Wildman–Crippen LogP) is 1.84. The summed E-state index contributed by atoms with van der Waals surface area (Å²) >= 11 is 1.57. The van der Waals surface area contributed by atoms with Crippen LogP contribution in [-0.2, 0) is 19.1 Å². The van der Waals surface area contributed by atoms with Crippen molar-refractivity contribution in [2.24, 2.45) is 0 Å². The highest BCUT2D eigenvalue weighted by Crippen LogP contribution is 2.47. The number of nitrogens with zero attached hydrogens (tertiary/aromatic N) is 1. The quantitative estimate of drug-likeness (QED) is 0.518. The van der Waals surface area contributed by atoms with E-state index in [2.05, 4.69) is 5.32 Å². The molecule has 1 saturated heterocycles. The Bertz CT molecular complexity index is 756. The average molecular weight is 408 g/mol. The topological polar surface area (TPSA) is 94.2 Å². The van der Waals surface area contributed by atoms with Crippen LogP contribution in [0.4, 0.5) is 0 Å². The van der Waals surface area contributed by atoms with Crippen LogP contribution in [0.5, 0.6) is 11.5 Å². The molecule has 9 heteroatoms. The van der Waals surface area contributed by atoms with Gasteiger partial charge in [0.2, 0.25) is 18.6 Å². The molecule has 1 aromatic carbocycles. The highest BCUT2D eigenvalue weighted by atomic mass is 32.2. The summed E-state index contributed by atoms with van der Waals surface area (Å²) in [6.45, 7) is 2.12. The van der Waals surface area contributed by atoms with E-state index in [4.69, 9.17) is 14.2 Å². The second kappa shape index (κ2) is 9.18. The van der Waals surface area contributed by atoms with Crippen molar-refractivity contribution >= 4 is 29.5 Å². The number of unbranched alkanes of at least 4 members (excludes halogenated alkanes) is 1. The van der Waals surface area contributed by atoms with Crippen molar-refractivity contribution in [2.75, 3.05) is 26.2 Å². The Hall–Kier alpha value is -2.42. The summed E-state index contributed by atoms with van der Waals surface area (Å²) in [5, 5.41) is 2.49. The number of rotatable bonds is 8. The third kappa shape index (κ3) is 4.52. The molecule has 2 heterocycles. The number of amides is 2. The molecule has 1 aromatic rings. The SMILES string of the molecule is COC(=O)C(CCCCN1C(=O)CSC1c1cccc2c1OCO2)NC(C)=O. The van der Waals surface area contributed by atoms with Gasteiger partial charge >= 0.3 is 5.97 Å². The third-order valence-corrected chi connectivity index (χ3v) is 5.90. The summed E-state index contributed by atoms with van der Waals surface area (Å²) < 4.78 is 15.8. The number of nitrogens with one attached hydrogen (secondary N) is 1. The molecule has 2 atom stereocenters. The molecule has 0 radical (unpaired) electrons. The maximum atomic E-state index is 12.4. The Morgan fingerprint density at radius 2 is 2.18 bits per heavy atom. The number of carbonyl (C=O) groups excluding carboxylic acids is 3. The van der Waals surface area contributed by atoms with Crippen LogP contribution in [0.25, 0.3) is 0 Å². The number of thioether (sulfide) groups is 1. The van der Waals surface area contributed by atoms with Gasteiger partial charge in [0.25, 0.3) is 0 Å². The van der Waals surface area contributed by atoms with Crippen LogP contribution >= 0.6 is 11.8 Å². The molecule has 28 heavy (non-hydrogen) atoms. The van der Waals surface area contributed by atoms with Gasteiger partial charge in [-0.05, 0) is 25.3 Å². The van der Waals surface area contributed by atoms with Crippen molar-refractivity contribution in [2.45, 2.75) is 37.6 Å². The Morgan fingerprint density at radius 1 is 1.36 bits per heavy atom. The molecule has 8 nitrogen and oxygen atoms in total. The van der Waals surface area contributed by atoms with E-state index in [0.29, 0.717) is 43.1 Å². The number of methoxy groups -OCH3 is 1. The Kier molecular flexibility index (Phi) is 6.66. The molecule has 2 aliphatic rings. The second-order valence-corrected chi connectivity index (χ2v) is 7.67. The Morgan fingerprint density at radius 3 is 2.93 bits per heavy atom.